The third kappa shape index (κ3) is 2.61. The predicted octanol–water partition coefficient (Wildman–Crippen LogP) is 2.59. The first kappa shape index (κ1) is 13.9. The minimum atomic E-state index is 0.0582. The summed E-state index contributed by atoms with van der Waals surface area (Å²) in [6.45, 7) is 1.47. The van der Waals surface area contributed by atoms with E-state index in [1.54, 1.807) is 17.4 Å². The van der Waals surface area contributed by atoms with Crippen LogP contribution >= 0.6 is 11.3 Å². The smallest absolute Gasteiger partial charge is 0.256 e. The van der Waals surface area contributed by atoms with Crippen molar-refractivity contribution in [2.75, 3.05) is 31.3 Å². The molecule has 1 aromatic carbocycles. The number of hydrogen-bond donors (Lipinski definition) is 1. The summed E-state index contributed by atoms with van der Waals surface area (Å²) in [4.78, 5) is 18.1. The number of nitrogens with zero attached hydrogens (tertiary/aromatic N) is 2. The number of rotatable bonds is 2. The first-order valence-electron chi connectivity index (χ1n) is 6.97. The Balaban J connectivity index is 1.91. The van der Waals surface area contributed by atoms with E-state index in [0.717, 1.165) is 18.7 Å². The fraction of sp³-hybridized carbons (Fsp3) is 0.312. The van der Waals surface area contributed by atoms with Crippen LogP contribution in [0, 0.1) is 0 Å². The monoisotopic (exact) mass is 301 g/mol. The number of nitrogen functional groups attached to an aromatic ring is 1. The second-order valence-electron chi connectivity index (χ2n) is 5.52. The summed E-state index contributed by atoms with van der Waals surface area (Å²) in [6, 6.07) is 7.63. The number of thiophene rings is 1. The molecule has 110 valence electrons. The molecule has 0 atom stereocenters. The number of amides is 1. The molecule has 4 nitrogen and oxygen atoms in total. The SMILES string of the molecule is CN(C)c1ccc(N)cc1C(=O)N1CCc2sccc2C1. The minimum absolute atomic E-state index is 0.0582. The minimum Gasteiger partial charge on any atom is -0.399 e. The van der Waals surface area contributed by atoms with Gasteiger partial charge in [0.2, 0.25) is 0 Å². The second kappa shape index (κ2) is 5.41. The Labute approximate surface area is 128 Å². The highest BCUT2D eigenvalue weighted by Crippen LogP contribution is 2.28. The molecule has 2 aromatic rings. The number of nitrogens with two attached hydrogens (primary N) is 1. The Morgan fingerprint density at radius 3 is 2.90 bits per heavy atom. The maximum atomic E-state index is 12.9. The first-order valence-corrected chi connectivity index (χ1v) is 7.85. The second-order valence-corrected chi connectivity index (χ2v) is 6.52. The predicted molar refractivity (Wildman–Crippen MR) is 87.9 cm³/mol. The van der Waals surface area contributed by atoms with E-state index < -0.39 is 0 Å². The topological polar surface area (TPSA) is 49.6 Å². The normalized spacial score (nSPS) is 13.9. The highest BCUT2D eigenvalue weighted by Gasteiger charge is 2.24. The molecule has 0 aliphatic carbocycles. The van der Waals surface area contributed by atoms with E-state index in [1.807, 2.05) is 36.0 Å². The van der Waals surface area contributed by atoms with Crippen LogP contribution in [0.3, 0.4) is 0 Å². The molecule has 0 unspecified atom stereocenters. The van der Waals surface area contributed by atoms with Crippen molar-refractivity contribution in [2.45, 2.75) is 13.0 Å². The van der Waals surface area contributed by atoms with Crippen molar-refractivity contribution in [2.24, 2.45) is 0 Å². The molecule has 2 N–H and O–H groups in total. The van der Waals surface area contributed by atoms with Gasteiger partial charge in [0, 0.05) is 43.4 Å². The molecule has 1 amide bonds. The van der Waals surface area contributed by atoms with E-state index in [1.165, 1.54) is 10.4 Å². The van der Waals surface area contributed by atoms with Crippen LogP contribution in [-0.2, 0) is 13.0 Å². The molecule has 21 heavy (non-hydrogen) atoms. The Bertz CT molecular complexity index is 678. The maximum Gasteiger partial charge on any atom is 0.256 e. The van der Waals surface area contributed by atoms with Gasteiger partial charge < -0.3 is 15.5 Å². The van der Waals surface area contributed by atoms with E-state index >= 15 is 0 Å². The van der Waals surface area contributed by atoms with Crippen LogP contribution in [0.15, 0.2) is 29.6 Å². The van der Waals surface area contributed by atoms with E-state index in [-0.39, 0.29) is 5.91 Å². The van der Waals surface area contributed by atoms with Gasteiger partial charge in [-0.25, -0.2) is 0 Å². The Hall–Kier alpha value is -2.01. The summed E-state index contributed by atoms with van der Waals surface area (Å²) in [6.07, 6.45) is 0.943. The molecule has 0 spiro atoms. The van der Waals surface area contributed by atoms with E-state index in [0.29, 0.717) is 17.8 Å². The third-order valence-corrected chi connectivity index (χ3v) is 4.85. The van der Waals surface area contributed by atoms with Gasteiger partial charge in [-0.1, -0.05) is 0 Å². The quantitative estimate of drug-likeness (QED) is 0.867. The molecule has 3 rings (SSSR count). The lowest BCUT2D eigenvalue weighted by Gasteiger charge is -2.28. The molecule has 1 aromatic heterocycles. The molecule has 1 aliphatic rings. The van der Waals surface area contributed by atoms with Gasteiger partial charge in [0.15, 0.2) is 0 Å². The number of anilines is 2. The largest absolute Gasteiger partial charge is 0.399 e. The summed E-state index contributed by atoms with van der Waals surface area (Å²) < 4.78 is 0. The average molecular weight is 301 g/mol. The summed E-state index contributed by atoms with van der Waals surface area (Å²) in [7, 11) is 3.88. The Kier molecular flexibility index (Phi) is 3.59. The van der Waals surface area contributed by atoms with E-state index in [9.17, 15) is 4.79 Å². The van der Waals surface area contributed by atoms with Crippen molar-refractivity contribution >= 4 is 28.6 Å². The van der Waals surface area contributed by atoms with Gasteiger partial charge in [0.1, 0.15) is 0 Å². The maximum absolute atomic E-state index is 12.9. The van der Waals surface area contributed by atoms with Crippen LogP contribution in [-0.4, -0.2) is 31.4 Å². The Morgan fingerprint density at radius 2 is 2.14 bits per heavy atom. The lowest BCUT2D eigenvalue weighted by atomic mass is 10.1. The number of carbonyl (C=O) groups is 1. The molecule has 0 saturated carbocycles. The van der Waals surface area contributed by atoms with Gasteiger partial charge in [-0.2, -0.15) is 0 Å². The Morgan fingerprint density at radius 1 is 1.33 bits per heavy atom. The number of benzene rings is 1. The fourth-order valence-corrected chi connectivity index (χ4v) is 3.60. The van der Waals surface area contributed by atoms with Crippen molar-refractivity contribution < 1.29 is 4.79 Å². The van der Waals surface area contributed by atoms with E-state index in [4.69, 9.17) is 5.73 Å². The molecule has 0 radical (unpaired) electrons. The molecule has 0 fully saturated rings. The summed E-state index contributed by atoms with van der Waals surface area (Å²) >= 11 is 1.78. The first-order chi connectivity index (χ1) is 10.1. The molecular formula is C16H19N3OS. The zero-order valence-electron chi connectivity index (χ0n) is 12.3. The van der Waals surface area contributed by atoms with Gasteiger partial charge >= 0.3 is 0 Å². The van der Waals surface area contributed by atoms with Gasteiger partial charge in [-0.05, 0) is 41.6 Å². The molecule has 0 saturated heterocycles. The standard InChI is InChI=1S/C16H19N3OS/c1-18(2)14-4-3-12(17)9-13(14)16(20)19-7-5-15-11(10-19)6-8-21-15/h3-4,6,8-9H,5,7,10,17H2,1-2H3. The molecule has 2 heterocycles. The highest BCUT2D eigenvalue weighted by atomic mass is 32.1. The zero-order chi connectivity index (χ0) is 15.0. The average Bonchev–Trinajstić information content (AvgIpc) is 2.93. The van der Waals surface area contributed by atoms with Gasteiger partial charge in [0.25, 0.3) is 5.91 Å². The van der Waals surface area contributed by atoms with Crippen LogP contribution in [0.25, 0.3) is 0 Å². The van der Waals surface area contributed by atoms with Gasteiger partial charge in [0.05, 0.1) is 5.56 Å². The van der Waals surface area contributed by atoms with Crippen molar-refractivity contribution in [1.29, 1.82) is 0 Å². The molecular weight excluding hydrogens is 282 g/mol. The number of hydrogen-bond acceptors (Lipinski definition) is 4. The van der Waals surface area contributed by atoms with Crippen molar-refractivity contribution in [3.05, 3.63) is 45.6 Å². The lowest BCUT2D eigenvalue weighted by molar-refractivity contribution is 0.0736. The lowest BCUT2D eigenvalue weighted by Crippen LogP contribution is -2.36. The fourth-order valence-electron chi connectivity index (χ4n) is 2.71. The molecule has 0 bridgehead atoms. The van der Waals surface area contributed by atoms with Crippen LogP contribution in [0.5, 0.6) is 0 Å². The number of fused-ring (bicyclic) bond motifs is 1. The third-order valence-electron chi connectivity index (χ3n) is 3.83. The summed E-state index contributed by atoms with van der Waals surface area (Å²) in [5.41, 5.74) is 9.35. The van der Waals surface area contributed by atoms with Crippen molar-refractivity contribution in [3.63, 3.8) is 0 Å². The number of carbonyl (C=O) groups excluding carboxylic acids is 1. The van der Waals surface area contributed by atoms with Crippen LogP contribution < -0.4 is 10.6 Å². The zero-order valence-corrected chi connectivity index (χ0v) is 13.1. The van der Waals surface area contributed by atoms with Crippen LogP contribution in [0.2, 0.25) is 0 Å². The van der Waals surface area contributed by atoms with Crippen molar-refractivity contribution in [1.82, 2.24) is 4.90 Å². The van der Waals surface area contributed by atoms with E-state index in [2.05, 4.69) is 11.4 Å². The molecule has 5 heteroatoms. The van der Waals surface area contributed by atoms with Crippen LogP contribution in [0.1, 0.15) is 20.8 Å². The van der Waals surface area contributed by atoms with Gasteiger partial charge in [-0.3, -0.25) is 4.79 Å². The summed E-state index contributed by atoms with van der Waals surface area (Å²) in [5.74, 6) is 0.0582. The molecule has 1 aliphatic heterocycles. The van der Waals surface area contributed by atoms with Crippen molar-refractivity contribution in [3.8, 4) is 0 Å². The highest BCUT2D eigenvalue weighted by molar-refractivity contribution is 7.10. The summed E-state index contributed by atoms with van der Waals surface area (Å²) in [5, 5.41) is 2.10. The van der Waals surface area contributed by atoms with Crippen LogP contribution in [0.4, 0.5) is 11.4 Å². The van der Waals surface area contributed by atoms with Gasteiger partial charge in [-0.15, -0.1) is 11.3 Å².